The van der Waals surface area contributed by atoms with Crippen LogP contribution in [-0.4, -0.2) is 21.9 Å². The van der Waals surface area contributed by atoms with Gasteiger partial charge < -0.3 is 5.11 Å². The fraction of sp³-hybridized carbons (Fsp3) is 0.143. The van der Waals surface area contributed by atoms with Crippen molar-refractivity contribution in [2.75, 3.05) is 6.61 Å². The molecule has 56 valence electrons. The summed E-state index contributed by atoms with van der Waals surface area (Å²) in [6, 6.07) is 2.55. The fourth-order valence-corrected chi connectivity index (χ4v) is 0.513. The standard InChI is InChI=1S/C7H5FN2O/c8-7-4-3-6(9-10-7)2-1-5-11/h3-4,11H,5H2. The minimum absolute atomic E-state index is 0.237. The normalized spacial score (nSPS) is 8.55. The molecule has 1 aromatic heterocycles. The fourth-order valence-electron chi connectivity index (χ4n) is 0.513. The van der Waals surface area contributed by atoms with Gasteiger partial charge in [-0.1, -0.05) is 5.92 Å². The average molecular weight is 152 g/mol. The molecule has 0 saturated carbocycles. The van der Waals surface area contributed by atoms with Gasteiger partial charge in [0.2, 0.25) is 5.95 Å². The molecule has 0 fully saturated rings. The molecule has 0 atom stereocenters. The first kappa shape index (κ1) is 7.63. The van der Waals surface area contributed by atoms with E-state index < -0.39 is 5.95 Å². The van der Waals surface area contributed by atoms with Crippen molar-refractivity contribution in [2.45, 2.75) is 0 Å². The van der Waals surface area contributed by atoms with Crippen LogP contribution in [0.15, 0.2) is 12.1 Å². The SMILES string of the molecule is OCC#Cc1ccc(F)nn1. The highest BCUT2D eigenvalue weighted by molar-refractivity contribution is 5.25. The molecule has 0 aromatic carbocycles. The van der Waals surface area contributed by atoms with Crippen LogP contribution < -0.4 is 0 Å². The number of nitrogens with zero attached hydrogens (tertiary/aromatic N) is 2. The van der Waals surface area contributed by atoms with Gasteiger partial charge in [-0.25, -0.2) is 0 Å². The predicted molar refractivity (Wildman–Crippen MR) is 36.0 cm³/mol. The topological polar surface area (TPSA) is 46.0 Å². The van der Waals surface area contributed by atoms with Crippen LogP contribution in [-0.2, 0) is 0 Å². The molecule has 0 saturated heterocycles. The summed E-state index contributed by atoms with van der Waals surface area (Å²) in [7, 11) is 0. The van der Waals surface area contributed by atoms with Crippen molar-refractivity contribution in [3.63, 3.8) is 0 Å². The largest absolute Gasteiger partial charge is 0.384 e. The highest BCUT2D eigenvalue weighted by atomic mass is 19.1. The van der Waals surface area contributed by atoms with E-state index in [1.807, 2.05) is 0 Å². The van der Waals surface area contributed by atoms with Crippen LogP contribution in [0.4, 0.5) is 4.39 Å². The summed E-state index contributed by atoms with van der Waals surface area (Å²) < 4.78 is 12.1. The Hall–Kier alpha value is -1.47. The Morgan fingerprint density at radius 2 is 2.27 bits per heavy atom. The van der Waals surface area contributed by atoms with Crippen molar-refractivity contribution in [1.29, 1.82) is 0 Å². The first-order chi connectivity index (χ1) is 5.33. The van der Waals surface area contributed by atoms with Crippen LogP contribution in [0.5, 0.6) is 0 Å². The molecule has 4 heteroatoms. The van der Waals surface area contributed by atoms with E-state index >= 15 is 0 Å². The molecule has 0 aliphatic carbocycles. The summed E-state index contributed by atoms with van der Waals surface area (Å²) in [6.07, 6.45) is 0. The molecule has 1 rings (SSSR count). The number of rotatable bonds is 0. The van der Waals surface area contributed by atoms with Crippen molar-refractivity contribution in [3.8, 4) is 11.8 Å². The van der Waals surface area contributed by atoms with Crippen molar-refractivity contribution >= 4 is 0 Å². The van der Waals surface area contributed by atoms with Gasteiger partial charge in [0.1, 0.15) is 12.3 Å². The number of aromatic nitrogens is 2. The van der Waals surface area contributed by atoms with Gasteiger partial charge in [-0.05, 0) is 18.1 Å². The summed E-state index contributed by atoms with van der Waals surface area (Å²) in [5, 5.41) is 14.8. The Labute approximate surface area is 62.9 Å². The van der Waals surface area contributed by atoms with Crippen LogP contribution in [0, 0.1) is 17.8 Å². The Morgan fingerprint density at radius 3 is 2.82 bits per heavy atom. The van der Waals surface area contributed by atoms with Crippen molar-refractivity contribution in [3.05, 3.63) is 23.8 Å². The second-order valence-electron chi connectivity index (χ2n) is 1.70. The van der Waals surface area contributed by atoms with E-state index in [0.29, 0.717) is 5.69 Å². The van der Waals surface area contributed by atoms with Gasteiger partial charge >= 0.3 is 0 Å². The number of aliphatic hydroxyl groups is 1. The van der Waals surface area contributed by atoms with E-state index in [-0.39, 0.29) is 6.61 Å². The lowest BCUT2D eigenvalue weighted by molar-refractivity contribution is 0.350. The highest BCUT2D eigenvalue weighted by Gasteiger charge is 1.90. The zero-order chi connectivity index (χ0) is 8.10. The predicted octanol–water partition coefficient (Wildman–Crippen LogP) is -0.0405. The van der Waals surface area contributed by atoms with Gasteiger partial charge in [0.15, 0.2) is 0 Å². The van der Waals surface area contributed by atoms with E-state index in [0.717, 1.165) is 6.07 Å². The summed E-state index contributed by atoms with van der Waals surface area (Å²) in [6.45, 7) is -0.237. The first-order valence-corrected chi connectivity index (χ1v) is 2.92. The molecule has 0 aliphatic heterocycles. The molecule has 0 aliphatic rings. The number of hydrogen-bond acceptors (Lipinski definition) is 3. The molecule has 1 heterocycles. The second kappa shape index (κ2) is 3.64. The van der Waals surface area contributed by atoms with Crippen molar-refractivity contribution in [1.82, 2.24) is 10.2 Å². The third-order valence-electron chi connectivity index (χ3n) is 0.928. The molecular formula is C7H5FN2O. The molecule has 3 nitrogen and oxygen atoms in total. The third kappa shape index (κ3) is 2.32. The summed E-state index contributed by atoms with van der Waals surface area (Å²) in [4.78, 5) is 0. The summed E-state index contributed by atoms with van der Waals surface area (Å²) >= 11 is 0. The molecule has 11 heavy (non-hydrogen) atoms. The minimum Gasteiger partial charge on any atom is -0.384 e. The summed E-state index contributed by atoms with van der Waals surface area (Å²) in [5.41, 5.74) is 0.348. The molecule has 0 spiro atoms. The third-order valence-corrected chi connectivity index (χ3v) is 0.928. The lowest BCUT2D eigenvalue weighted by atomic mass is 10.4. The zero-order valence-electron chi connectivity index (χ0n) is 5.58. The quantitative estimate of drug-likeness (QED) is 0.530. The van der Waals surface area contributed by atoms with Crippen molar-refractivity contribution < 1.29 is 9.50 Å². The van der Waals surface area contributed by atoms with Crippen LogP contribution in [0.25, 0.3) is 0 Å². The summed E-state index contributed by atoms with van der Waals surface area (Å²) in [5.74, 6) is 4.21. The van der Waals surface area contributed by atoms with Gasteiger partial charge in [-0.3, -0.25) is 0 Å². The van der Waals surface area contributed by atoms with Gasteiger partial charge in [0.25, 0.3) is 0 Å². The van der Waals surface area contributed by atoms with Gasteiger partial charge in [0.05, 0.1) is 0 Å². The van der Waals surface area contributed by atoms with Gasteiger partial charge in [-0.15, -0.1) is 10.2 Å². The first-order valence-electron chi connectivity index (χ1n) is 2.92. The van der Waals surface area contributed by atoms with Crippen LogP contribution >= 0.6 is 0 Å². The molecule has 1 N–H and O–H groups in total. The van der Waals surface area contributed by atoms with E-state index in [2.05, 4.69) is 22.0 Å². The molecule has 0 unspecified atom stereocenters. The van der Waals surface area contributed by atoms with Gasteiger partial charge in [0, 0.05) is 0 Å². The Morgan fingerprint density at radius 1 is 1.45 bits per heavy atom. The maximum Gasteiger partial charge on any atom is 0.233 e. The highest BCUT2D eigenvalue weighted by Crippen LogP contribution is 1.91. The Bertz CT molecular complexity index is 286. The van der Waals surface area contributed by atoms with Crippen LogP contribution in [0.3, 0.4) is 0 Å². The average Bonchev–Trinajstić information content (AvgIpc) is 2.04. The van der Waals surface area contributed by atoms with E-state index in [9.17, 15) is 4.39 Å². The number of halogens is 1. The monoisotopic (exact) mass is 152 g/mol. The van der Waals surface area contributed by atoms with E-state index in [1.54, 1.807) is 0 Å². The maximum absolute atomic E-state index is 12.1. The molecule has 0 radical (unpaired) electrons. The van der Waals surface area contributed by atoms with Crippen LogP contribution in [0.2, 0.25) is 0 Å². The molecular weight excluding hydrogens is 147 g/mol. The second-order valence-corrected chi connectivity index (χ2v) is 1.70. The zero-order valence-corrected chi connectivity index (χ0v) is 5.58. The maximum atomic E-state index is 12.1. The van der Waals surface area contributed by atoms with Crippen molar-refractivity contribution in [2.24, 2.45) is 0 Å². The minimum atomic E-state index is -0.639. The van der Waals surface area contributed by atoms with Gasteiger partial charge in [-0.2, -0.15) is 4.39 Å². The lowest BCUT2D eigenvalue weighted by Crippen LogP contribution is -1.89. The van der Waals surface area contributed by atoms with Crippen LogP contribution in [0.1, 0.15) is 5.69 Å². The number of hydrogen-bond donors (Lipinski definition) is 1. The molecule has 1 aromatic rings. The Kier molecular flexibility index (Phi) is 2.53. The van der Waals surface area contributed by atoms with E-state index in [1.165, 1.54) is 6.07 Å². The lowest BCUT2D eigenvalue weighted by Gasteiger charge is -1.85. The molecule has 0 amide bonds. The van der Waals surface area contributed by atoms with E-state index in [4.69, 9.17) is 5.11 Å². The number of aliphatic hydroxyl groups excluding tert-OH is 1. The smallest absolute Gasteiger partial charge is 0.233 e. The molecule has 0 bridgehead atoms. The Balaban J connectivity index is 2.82.